The highest BCUT2D eigenvalue weighted by atomic mass is 14.9. The minimum atomic E-state index is 0.446. The molecule has 1 saturated carbocycles. The zero-order chi connectivity index (χ0) is 14.3. The fourth-order valence-corrected chi connectivity index (χ4v) is 3.52. The van der Waals surface area contributed by atoms with Crippen LogP contribution in [0.25, 0.3) is 0 Å². The van der Waals surface area contributed by atoms with Gasteiger partial charge >= 0.3 is 0 Å². The van der Waals surface area contributed by atoms with E-state index in [1.54, 1.807) is 5.56 Å². The average molecular weight is 273 g/mol. The summed E-state index contributed by atoms with van der Waals surface area (Å²) in [5.41, 5.74) is 2.00. The number of rotatable bonds is 10. The molecule has 0 radical (unpaired) electrons. The van der Waals surface area contributed by atoms with Crippen molar-refractivity contribution in [1.82, 2.24) is 5.32 Å². The van der Waals surface area contributed by atoms with Crippen molar-refractivity contribution in [2.75, 3.05) is 6.54 Å². The maximum absolute atomic E-state index is 3.77. The zero-order valence-electron chi connectivity index (χ0n) is 13.3. The van der Waals surface area contributed by atoms with E-state index in [4.69, 9.17) is 0 Å². The van der Waals surface area contributed by atoms with Crippen LogP contribution in [0.5, 0.6) is 0 Å². The molecule has 0 amide bonds. The molecule has 1 N–H and O–H groups in total. The van der Waals surface area contributed by atoms with Gasteiger partial charge in [0, 0.05) is 11.5 Å². The van der Waals surface area contributed by atoms with Crippen LogP contribution in [0.2, 0.25) is 0 Å². The molecule has 112 valence electrons. The Labute approximate surface area is 125 Å². The lowest BCUT2D eigenvalue weighted by atomic mass is 9.85. The van der Waals surface area contributed by atoms with Crippen molar-refractivity contribution in [3.8, 4) is 0 Å². The number of unbranched alkanes of at least 4 members (excludes halogenated alkanes) is 4. The highest BCUT2D eigenvalue weighted by molar-refractivity contribution is 5.33. The lowest BCUT2D eigenvalue weighted by Crippen LogP contribution is -2.40. The predicted octanol–water partition coefficient (Wildman–Crippen LogP) is 5.06. The molecular formula is C19H31N. The topological polar surface area (TPSA) is 12.0 Å². The molecule has 1 nitrogen and oxygen atoms in total. The second-order valence-electron chi connectivity index (χ2n) is 6.34. The van der Waals surface area contributed by atoms with E-state index in [0.29, 0.717) is 11.5 Å². The Morgan fingerprint density at radius 2 is 1.70 bits per heavy atom. The Kier molecular flexibility index (Phi) is 6.09. The molecule has 0 aliphatic heterocycles. The van der Waals surface area contributed by atoms with E-state index < -0.39 is 0 Å². The summed E-state index contributed by atoms with van der Waals surface area (Å²) in [7, 11) is 0. The largest absolute Gasteiger partial charge is 0.313 e. The summed E-state index contributed by atoms with van der Waals surface area (Å²) in [5.74, 6) is 0. The number of nitrogens with one attached hydrogen (secondary N) is 1. The molecule has 0 bridgehead atoms. The predicted molar refractivity (Wildman–Crippen MR) is 88.2 cm³/mol. The Balaban J connectivity index is 1.91. The van der Waals surface area contributed by atoms with Crippen molar-refractivity contribution in [1.29, 1.82) is 0 Å². The fourth-order valence-electron chi connectivity index (χ4n) is 3.52. The highest BCUT2D eigenvalue weighted by Gasteiger charge is 2.49. The maximum Gasteiger partial charge on any atom is 0.0164 e. The summed E-state index contributed by atoms with van der Waals surface area (Å²) in [4.78, 5) is 0. The summed E-state index contributed by atoms with van der Waals surface area (Å²) in [6.07, 6.45) is 11.0. The Hall–Kier alpha value is -0.820. The quantitative estimate of drug-likeness (QED) is 0.588. The van der Waals surface area contributed by atoms with Gasteiger partial charge in [-0.15, -0.1) is 0 Å². The van der Waals surface area contributed by atoms with Crippen LogP contribution in [0, 0.1) is 0 Å². The summed E-state index contributed by atoms with van der Waals surface area (Å²) >= 11 is 0. The third kappa shape index (κ3) is 3.85. The molecule has 0 spiro atoms. The maximum atomic E-state index is 3.77. The van der Waals surface area contributed by atoms with Gasteiger partial charge in [0.1, 0.15) is 0 Å². The van der Waals surface area contributed by atoms with Gasteiger partial charge in [-0.25, -0.2) is 0 Å². The van der Waals surface area contributed by atoms with Gasteiger partial charge in [0.15, 0.2) is 0 Å². The molecule has 2 rings (SSSR count). The molecule has 1 heteroatoms. The molecule has 1 aromatic rings. The van der Waals surface area contributed by atoms with Crippen LogP contribution >= 0.6 is 0 Å². The third-order valence-corrected chi connectivity index (χ3v) is 4.85. The van der Waals surface area contributed by atoms with E-state index in [0.717, 1.165) is 6.54 Å². The fraction of sp³-hybridized carbons (Fsp3) is 0.684. The molecule has 1 aromatic carbocycles. The van der Waals surface area contributed by atoms with Gasteiger partial charge in [0.2, 0.25) is 0 Å². The summed E-state index contributed by atoms with van der Waals surface area (Å²) in [5, 5.41) is 3.77. The normalized spacial score (nSPS) is 17.9. The van der Waals surface area contributed by atoms with Crippen molar-refractivity contribution in [2.45, 2.75) is 76.7 Å². The van der Waals surface area contributed by atoms with Crippen LogP contribution in [0.4, 0.5) is 0 Å². The van der Waals surface area contributed by atoms with Gasteiger partial charge < -0.3 is 5.32 Å². The van der Waals surface area contributed by atoms with Gasteiger partial charge in [-0.2, -0.15) is 0 Å². The molecular weight excluding hydrogens is 242 g/mol. The van der Waals surface area contributed by atoms with Crippen molar-refractivity contribution in [2.24, 2.45) is 0 Å². The molecule has 1 aliphatic rings. The van der Waals surface area contributed by atoms with E-state index in [2.05, 4.69) is 49.5 Å². The zero-order valence-corrected chi connectivity index (χ0v) is 13.3. The number of likely N-dealkylation sites (N-methyl/N-ethyl adjacent to an activating group) is 1. The minimum Gasteiger partial charge on any atom is -0.313 e. The summed E-state index contributed by atoms with van der Waals surface area (Å²) in [6.45, 7) is 5.62. The average Bonchev–Trinajstić information content (AvgIpc) is 3.28. The van der Waals surface area contributed by atoms with Crippen LogP contribution in [-0.4, -0.2) is 12.6 Å². The van der Waals surface area contributed by atoms with Crippen LogP contribution in [0.15, 0.2) is 30.3 Å². The Morgan fingerprint density at radius 1 is 1.00 bits per heavy atom. The third-order valence-electron chi connectivity index (χ3n) is 4.85. The van der Waals surface area contributed by atoms with Gasteiger partial charge in [0.05, 0.1) is 0 Å². The first-order chi connectivity index (χ1) is 9.83. The van der Waals surface area contributed by atoms with Crippen LogP contribution < -0.4 is 5.32 Å². The molecule has 1 atom stereocenters. The SMILES string of the molecule is CCCCCCCC(NCC)C1(c2ccccc2)CC1. The van der Waals surface area contributed by atoms with Gasteiger partial charge in [-0.1, -0.05) is 76.3 Å². The smallest absolute Gasteiger partial charge is 0.0164 e. The van der Waals surface area contributed by atoms with Crippen LogP contribution in [-0.2, 0) is 5.41 Å². The minimum absolute atomic E-state index is 0.446. The summed E-state index contributed by atoms with van der Waals surface area (Å²) in [6, 6.07) is 11.9. The van der Waals surface area contributed by atoms with E-state index in [1.165, 1.54) is 51.4 Å². The standard InChI is InChI=1S/C19H31N/c1-3-5-6-7-11-14-18(20-4-2)19(15-16-19)17-12-9-8-10-13-17/h8-10,12-13,18,20H,3-7,11,14-16H2,1-2H3. The van der Waals surface area contributed by atoms with E-state index >= 15 is 0 Å². The molecule has 0 aromatic heterocycles. The Morgan fingerprint density at radius 3 is 2.30 bits per heavy atom. The van der Waals surface area contributed by atoms with Crippen molar-refractivity contribution in [3.05, 3.63) is 35.9 Å². The van der Waals surface area contributed by atoms with Crippen LogP contribution in [0.3, 0.4) is 0 Å². The van der Waals surface area contributed by atoms with Gasteiger partial charge in [0.25, 0.3) is 0 Å². The monoisotopic (exact) mass is 273 g/mol. The van der Waals surface area contributed by atoms with E-state index in [1.807, 2.05) is 0 Å². The lowest BCUT2D eigenvalue weighted by molar-refractivity contribution is 0.384. The molecule has 20 heavy (non-hydrogen) atoms. The number of hydrogen-bond donors (Lipinski definition) is 1. The van der Waals surface area contributed by atoms with Crippen LogP contribution in [0.1, 0.15) is 70.8 Å². The highest BCUT2D eigenvalue weighted by Crippen LogP contribution is 2.52. The molecule has 1 aliphatic carbocycles. The van der Waals surface area contributed by atoms with Gasteiger partial charge in [-0.3, -0.25) is 0 Å². The second-order valence-corrected chi connectivity index (χ2v) is 6.34. The second kappa shape index (κ2) is 7.83. The Bertz CT molecular complexity index is 367. The first kappa shape index (κ1) is 15.6. The molecule has 0 saturated heterocycles. The van der Waals surface area contributed by atoms with E-state index in [9.17, 15) is 0 Å². The molecule has 1 fully saturated rings. The lowest BCUT2D eigenvalue weighted by Gasteiger charge is -2.28. The first-order valence-electron chi connectivity index (χ1n) is 8.62. The van der Waals surface area contributed by atoms with Gasteiger partial charge in [-0.05, 0) is 31.4 Å². The molecule has 0 heterocycles. The van der Waals surface area contributed by atoms with Crippen molar-refractivity contribution >= 4 is 0 Å². The van der Waals surface area contributed by atoms with Crippen molar-refractivity contribution < 1.29 is 0 Å². The number of hydrogen-bond acceptors (Lipinski definition) is 1. The first-order valence-corrected chi connectivity index (χ1v) is 8.62. The summed E-state index contributed by atoms with van der Waals surface area (Å²) < 4.78 is 0. The van der Waals surface area contributed by atoms with E-state index in [-0.39, 0.29) is 0 Å². The number of benzene rings is 1. The van der Waals surface area contributed by atoms with Crippen molar-refractivity contribution in [3.63, 3.8) is 0 Å². The molecule has 1 unspecified atom stereocenters.